The van der Waals surface area contributed by atoms with E-state index in [2.05, 4.69) is 117 Å². The summed E-state index contributed by atoms with van der Waals surface area (Å²) in [6.07, 6.45) is 3.51. The lowest BCUT2D eigenvalue weighted by Gasteiger charge is -2.44. The zero-order valence-corrected chi connectivity index (χ0v) is 27.6. The molecule has 9 nitrogen and oxygen atoms in total. The summed E-state index contributed by atoms with van der Waals surface area (Å²) in [7, 11) is 2.97. The summed E-state index contributed by atoms with van der Waals surface area (Å²) in [5, 5.41) is 12.3. The molecule has 0 amide bonds. The molecule has 1 unspecified atom stereocenters. The van der Waals surface area contributed by atoms with Crippen LogP contribution in [0.3, 0.4) is 0 Å². The number of nitrogens with zero attached hydrogens (tertiary/aromatic N) is 3. The maximum Gasteiger partial charge on any atom is 0.479 e. The van der Waals surface area contributed by atoms with Crippen LogP contribution in [0.25, 0.3) is 0 Å². The van der Waals surface area contributed by atoms with E-state index in [1.54, 1.807) is 7.11 Å². The topological polar surface area (TPSA) is 88.9 Å². The molecule has 1 saturated heterocycles. The van der Waals surface area contributed by atoms with Gasteiger partial charge in [-0.3, -0.25) is 4.68 Å². The molecule has 13 heteroatoms. The van der Waals surface area contributed by atoms with Gasteiger partial charge >= 0.3 is 8.80 Å². The minimum Gasteiger partial charge on any atom is -0.416 e. The number of aromatic nitrogens is 3. The molecule has 4 rings (SSSR count). The van der Waals surface area contributed by atoms with Crippen molar-refractivity contribution in [1.29, 1.82) is 0 Å². The highest BCUT2D eigenvalue weighted by atomic mass is 28.4. The summed E-state index contributed by atoms with van der Waals surface area (Å²) in [5.41, 5.74) is 2.48. The maximum atomic E-state index is 7.15. The molecule has 1 aliphatic rings. The van der Waals surface area contributed by atoms with Crippen molar-refractivity contribution < 1.29 is 21.8 Å². The van der Waals surface area contributed by atoms with Gasteiger partial charge in [-0.2, -0.15) is 0 Å². The van der Waals surface area contributed by atoms with Gasteiger partial charge in [0.2, 0.25) is 21.0 Å². The minimum absolute atomic E-state index is 0.0206. The predicted molar refractivity (Wildman–Crippen MR) is 159 cm³/mol. The maximum absolute atomic E-state index is 7.15. The molecule has 1 aromatic heterocycles. The quantitative estimate of drug-likeness (QED) is 0.262. The Morgan fingerprint density at radius 3 is 2.17 bits per heavy atom. The molecular formula is C27H38N4O5Si4. The second-order valence-corrected chi connectivity index (χ2v) is 19.3. The van der Waals surface area contributed by atoms with Gasteiger partial charge in [-0.05, 0) is 43.6 Å². The Morgan fingerprint density at radius 1 is 1.00 bits per heavy atom. The van der Waals surface area contributed by atoms with Crippen molar-refractivity contribution >= 4 is 38.1 Å². The van der Waals surface area contributed by atoms with Gasteiger partial charge in [0.15, 0.2) is 8.32 Å². The van der Waals surface area contributed by atoms with E-state index in [1.165, 1.54) is 0 Å². The van der Waals surface area contributed by atoms with Gasteiger partial charge in [-0.25, -0.2) is 0 Å². The van der Waals surface area contributed by atoms with Crippen molar-refractivity contribution in [3.8, 4) is 0 Å². The number of benzene rings is 2. The zero-order valence-electron chi connectivity index (χ0n) is 23.6. The van der Waals surface area contributed by atoms with Crippen LogP contribution in [0.15, 0.2) is 66.9 Å². The minimum atomic E-state index is -2.76. The predicted octanol–water partition coefficient (Wildman–Crippen LogP) is 3.50. The monoisotopic (exact) mass is 610 g/mol. The van der Waals surface area contributed by atoms with Crippen LogP contribution in [0.4, 0.5) is 0 Å². The van der Waals surface area contributed by atoms with Crippen molar-refractivity contribution in [1.82, 2.24) is 20.3 Å². The summed E-state index contributed by atoms with van der Waals surface area (Å²) in [6, 6.07) is 21.8. The molecule has 2 atom stereocenters. The van der Waals surface area contributed by atoms with Gasteiger partial charge < -0.3 is 27.1 Å². The molecule has 212 valence electrons. The highest BCUT2D eigenvalue weighted by molar-refractivity contribution is 6.69. The van der Waals surface area contributed by atoms with Crippen molar-refractivity contribution in [2.75, 3.05) is 13.7 Å². The second kappa shape index (κ2) is 13.9. The lowest BCUT2D eigenvalue weighted by molar-refractivity contribution is 0.0314. The van der Waals surface area contributed by atoms with E-state index in [4.69, 9.17) is 21.8 Å². The number of aryl methyl sites for hydroxylation is 1. The molecular weight excluding hydrogens is 573 g/mol. The van der Waals surface area contributed by atoms with Crippen LogP contribution in [-0.4, -0.2) is 78.9 Å². The summed E-state index contributed by atoms with van der Waals surface area (Å²) in [5.74, 6) is 0. The van der Waals surface area contributed by atoms with E-state index in [-0.39, 0.29) is 12.1 Å². The van der Waals surface area contributed by atoms with Crippen LogP contribution in [0.5, 0.6) is 0 Å². The highest BCUT2D eigenvalue weighted by Crippen LogP contribution is 2.42. The molecule has 1 aliphatic heterocycles. The van der Waals surface area contributed by atoms with Crippen LogP contribution in [0, 0.1) is 0 Å². The highest BCUT2D eigenvalue weighted by Gasteiger charge is 2.49. The van der Waals surface area contributed by atoms with Gasteiger partial charge in [0.25, 0.3) is 0 Å². The fourth-order valence-corrected chi connectivity index (χ4v) is 9.40. The van der Waals surface area contributed by atoms with Gasteiger partial charge in [0.05, 0.1) is 18.9 Å². The van der Waals surface area contributed by atoms with Gasteiger partial charge in [0, 0.05) is 32.3 Å². The van der Waals surface area contributed by atoms with Crippen molar-refractivity contribution in [3.63, 3.8) is 0 Å². The van der Waals surface area contributed by atoms with Gasteiger partial charge in [0.1, 0.15) is 11.3 Å². The first-order valence-corrected chi connectivity index (χ1v) is 19.7. The van der Waals surface area contributed by atoms with E-state index in [9.17, 15) is 0 Å². The van der Waals surface area contributed by atoms with Gasteiger partial charge in [-0.15, -0.1) is 5.10 Å². The van der Waals surface area contributed by atoms with Crippen molar-refractivity contribution in [2.45, 2.75) is 69.4 Å². The summed E-state index contributed by atoms with van der Waals surface area (Å²) < 4.78 is 31.2. The van der Waals surface area contributed by atoms with Crippen LogP contribution in [-0.2, 0) is 40.6 Å². The molecule has 2 aromatic carbocycles. The first kappa shape index (κ1) is 31.1. The normalized spacial score (nSPS) is 18.4. The standard InChI is InChI=1S/C27H38N4O5Si4/c1-32-40(35-37,36-38)17-11-16-31-20-24(29-30-31)21-33-25-18-26(28-19-25)27(34-39(2,3)4,22-12-7-5-8-13-22)23-14-9-6-10-15-23/h5-10,12-15,20,25-26,28H,11,16-19,21H2,1-4H3/t25?,26-/m0/s1. The molecule has 2 heterocycles. The van der Waals surface area contributed by atoms with Crippen LogP contribution in [0.2, 0.25) is 25.7 Å². The first-order valence-electron chi connectivity index (χ1n) is 13.5. The fraction of sp³-hybridized carbons (Fsp3) is 0.481. The third-order valence-corrected chi connectivity index (χ3v) is 12.0. The number of rotatable bonds is 15. The molecule has 6 radical (unpaired) electrons. The third-order valence-electron chi connectivity index (χ3n) is 7.00. The lowest BCUT2D eigenvalue weighted by atomic mass is 9.79. The molecule has 1 N–H and O–H groups in total. The molecule has 40 heavy (non-hydrogen) atoms. The smallest absolute Gasteiger partial charge is 0.416 e. The Hall–Kier alpha value is -1.79. The molecule has 0 aliphatic carbocycles. The van der Waals surface area contributed by atoms with E-state index in [0.717, 1.165) is 36.2 Å². The largest absolute Gasteiger partial charge is 0.479 e. The summed E-state index contributed by atoms with van der Waals surface area (Å²) in [6.45, 7) is 8.53. The van der Waals surface area contributed by atoms with Crippen LogP contribution >= 0.6 is 0 Å². The second-order valence-electron chi connectivity index (χ2n) is 11.0. The Balaban J connectivity index is 1.43. The van der Waals surface area contributed by atoms with Crippen molar-refractivity contribution in [3.05, 3.63) is 83.7 Å². The molecule has 0 spiro atoms. The first-order chi connectivity index (χ1) is 19.2. The van der Waals surface area contributed by atoms with E-state index < -0.39 is 22.7 Å². The summed E-state index contributed by atoms with van der Waals surface area (Å²) >= 11 is 0. The molecule has 0 saturated carbocycles. The Labute approximate surface area is 246 Å². The number of hydrogen-bond acceptors (Lipinski definition) is 8. The molecule has 1 fully saturated rings. The third kappa shape index (κ3) is 7.53. The summed E-state index contributed by atoms with van der Waals surface area (Å²) in [4.78, 5) is 0. The van der Waals surface area contributed by atoms with E-state index in [1.807, 2.05) is 10.9 Å². The Kier molecular flexibility index (Phi) is 10.8. The molecule has 0 bridgehead atoms. The number of nitrogens with one attached hydrogen (secondary N) is 1. The van der Waals surface area contributed by atoms with E-state index in [0.29, 0.717) is 19.2 Å². The zero-order chi connectivity index (χ0) is 28.6. The lowest BCUT2D eigenvalue weighted by Crippen LogP contribution is -2.53. The average molecular weight is 611 g/mol. The average Bonchev–Trinajstić information content (AvgIpc) is 3.64. The van der Waals surface area contributed by atoms with Crippen LogP contribution in [0.1, 0.15) is 29.7 Å². The van der Waals surface area contributed by atoms with Gasteiger partial charge in [-0.1, -0.05) is 65.9 Å². The number of hydrogen-bond donors (Lipinski definition) is 1. The van der Waals surface area contributed by atoms with Crippen molar-refractivity contribution in [2.24, 2.45) is 0 Å². The van der Waals surface area contributed by atoms with E-state index >= 15 is 0 Å². The fourth-order valence-electron chi connectivity index (χ4n) is 5.24. The van der Waals surface area contributed by atoms with Crippen LogP contribution < -0.4 is 5.32 Å². The SMILES string of the molecule is CO[Si](CCCn1cc(COC2CN[C@H](C(O[Si](C)(C)C)(c3ccccc3)c3ccccc3)C2)nn1)(O[Si])O[Si]. The molecule has 3 aromatic rings. The Morgan fingerprint density at radius 2 is 1.62 bits per heavy atom. The number of ether oxygens (including phenoxy) is 1. The Bertz CT molecular complexity index is 1130.